The summed E-state index contributed by atoms with van der Waals surface area (Å²) in [4.78, 5) is 28.0. The van der Waals surface area contributed by atoms with Gasteiger partial charge in [0, 0.05) is 5.56 Å². The number of unbranched alkanes of at least 4 members (excludes halogenated alkanes) is 2. The summed E-state index contributed by atoms with van der Waals surface area (Å²) in [7, 11) is 1.54. The molecule has 4 rings (SSSR count). The number of carbonyl (C=O) groups excluding carboxylic acids is 2. The predicted octanol–water partition coefficient (Wildman–Crippen LogP) is 5.88. The van der Waals surface area contributed by atoms with Gasteiger partial charge in [0.1, 0.15) is 17.3 Å². The van der Waals surface area contributed by atoms with E-state index in [1.165, 1.54) is 18.3 Å². The fourth-order valence-corrected chi connectivity index (χ4v) is 4.52. The molecule has 1 saturated heterocycles. The maximum Gasteiger partial charge on any atom is 0.296 e. The zero-order valence-electron chi connectivity index (χ0n) is 21.9. The molecule has 0 saturated carbocycles. The quantitative estimate of drug-likeness (QED) is 0.138. The van der Waals surface area contributed by atoms with Crippen LogP contribution in [0.2, 0.25) is 0 Å². The number of rotatable bonds is 12. The summed E-state index contributed by atoms with van der Waals surface area (Å²) in [5.74, 6) is 0.311. The van der Waals surface area contributed by atoms with Crippen LogP contribution in [0.5, 0.6) is 17.2 Å². The fourth-order valence-electron chi connectivity index (χ4n) is 4.52. The lowest BCUT2D eigenvalue weighted by molar-refractivity contribution is -0.140. The van der Waals surface area contributed by atoms with E-state index in [1.807, 2.05) is 6.92 Å². The van der Waals surface area contributed by atoms with E-state index in [0.717, 1.165) is 19.3 Å². The SMILES string of the molecule is CCCCCOc1ccc(C2C(=C(O)c3cccc(OCC)c3)C(=O)C(=O)N2Cc2ccco2)cc1OC. The van der Waals surface area contributed by atoms with Gasteiger partial charge >= 0.3 is 0 Å². The van der Waals surface area contributed by atoms with Crippen molar-refractivity contribution in [3.05, 3.63) is 83.3 Å². The number of aliphatic hydroxyl groups is 1. The van der Waals surface area contributed by atoms with Gasteiger partial charge in [-0.25, -0.2) is 0 Å². The standard InChI is InChI=1S/C30H33NO7/c1-4-6-7-15-38-24-14-13-20(18-25(24)35-3)27-26(28(32)21-10-8-11-22(17-21)36-5-2)29(33)30(34)31(27)19-23-12-9-16-37-23/h8-14,16-18,27,32H,4-7,15,19H2,1-3H3. The Morgan fingerprint density at radius 1 is 1.00 bits per heavy atom. The highest BCUT2D eigenvalue weighted by Crippen LogP contribution is 2.43. The van der Waals surface area contributed by atoms with Crippen molar-refractivity contribution in [3.8, 4) is 17.2 Å². The van der Waals surface area contributed by atoms with Gasteiger partial charge in [0.2, 0.25) is 0 Å². The normalized spacial score (nSPS) is 16.6. The van der Waals surface area contributed by atoms with E-state index in [1.54, 1.807) is 54.6 Å². The summed E-state index contributed by atoms with van der Waals surface area (Å²) >= 11 is 0. The van der Waals surface area contributed by atoms with Crippen LogP contribution in [0.25, 0.3) is 5.76 Å². The van der Waals surface area contributed by atoms with Crippen LogP contribution in [0.1, 0.15) is 56.0 Å². The average Bonchev–Trinajstić information content (AvgIpc) is 3.53. The highest BCUT2D eigenvalue weighted by Gasteiger charge is 2.46. The molecule has 200 valence electrons. The van der Waals surface area contributed by atoms with E-state index in [-0.39, 0.29) is 17.9 Å². The van der Waals surface area contributed by atoms with Crippen molar-refractivity contribution in [2.24, 2.45) is 0 Å². The maximum absolute atomic E-state index is 13.4. The number of likely N-dealkylation sites (tertiary alicyclic amines) is 1. The maximum atomic E-state index is 13.4. The average molecular weight is 520 g/mol. The number of methoxy groups -OCH3 is 1. The van der Waals surface area contributed by atoms with E-state index in [0.29, 0.717) is 47.3 Å². The molecule has 1 N–H and O–H groups in total. The number of furan rings is 1. The first-order valence-electron chi connectivity index (χ1n) is 12.8. The Morgan fingerprint density at radius 2 is 1.84 bits per heavy atom. The summed E-state index contributed by atoms with van der Waals surface area (Å²) in [6, 6.07) is 14.7. The van der Waals surface area contributed by atoms with Crippen molar-refractivity contribution < 1.29 is 33.3 Å². The minimum Gasteiger partial charge on any atom is -0.507 e. The van der Waals surface area contributed by atoms with Crippen LogP contribution < -0.4 is 14.2 Å². The molecule has 1 fully saturated rings. The molecule has 1 unspecified atom stereocenters. The molecule has 2 aromatic carbocycles. The number of ether oxygens (including phenoxy) is 3. The molecule has 1 atom stereocenters. The summed E-state index contributed by atoms with van der Waals surface area (Å²) in [5.41, 5.74) is 0.949. The lowest BCUT2D eigenvalue weighted by Crippen LogP contribution is -2.29. The smallest absolute Gasteiger partial charge is 0.296 e. The van der Waals surface area contributed by atoms with Gasteiger partial charge in [-0.05, 0) is 55.3 Å². The third kappa shape index (κ3) is 5.69. The highest BCUT2D eigenvalue weighted by atomic mass is 16.5. The van der Waals surface area contributed by atoms with Crippen molar-refractivity contribution in [3.63, 3.8) is 0 Å². The van der Waals surface area contributed by atoms with Gasteiger partial charge in [-0.3, -0.25) is 9.59 Å². The third-order valence-corrected chi connectivity index (χ3v) is 6.37. The van der Waals surface area contributed by atoms with Crippen LogP contribution in [0.15, 0.2) is 70.9 Å². The number of Topliss-reactive ketones (excluding diaryl/α,β-unsaturated/α-hetero) is 1. The second kappa shape index (κ2) is 12.4. The number of aliphatic hydroxyl groups excluding tert-OH is 1. The molecule has 0 aliphatic carbocycles. The second-order valence-electron chi connectivity index (χ2n) is 8.93. The molecular formula is C30H33NO7. The highest BCUT2D eigenvalue weighted by molar-refractivity contribution is 6.46. The lowest BCUT2D eigenvalue weighted by Gasteiger charge is -2.25. The number of hydrogen-bond donors (Lipinski definition) is 1. The largest absolute Gasteiger partial charge is 0.507 e. The van der Waals surface area contributed by atoms with Gasteiger partial charge < -0.3 is 28.6 Å². The van der Waals surface area contributed by atoms with Crippen molar-refractivity contribution in [2.45, 2.75) is 45.7 Å². The number of hydrogen-bond acceptors (Lipinski definition) is 7. The fraction of sp³-hybridized carbons (Fsp3) is 0.333. The molecular weight excluding hydrogens is 486 g/mol. The van der Waals surface area contributed by atoms with Crippen LogP contribution >= 0.6 is 0 Å². The second-order valence-corrected chi connectivity index (χ2v) is 8.93. The van der Waals surface area contributed by atoms with Gasteiger partial charge in [-0.15, -0.1) is 0 Å². The summed E-state index contributed by atoms with van der Waals surface area (Å²) in [6.07, 6.45) is 4.58. The van der Waals surface area contributed by atoms with Gasteiger partial charge in [-0.2, -0.15) is 0 Å². The monoisotopic (exact) mass is 519 g/mol. The van der Waals surface area contributed by atoms with E-state index in [9.17, 15) is 14.7 Å². The Morgan fingerprint density at radius 3 is 2.55 bits per heavy atom. The molecule has 8 heteroatoms. The zero-order chi connectivity index (χ0) is 27.1. The Kier molecular flexibility index (Phi) is 8.73. The van der Waals surface area contributed by atoms with Crippen LogP contribution in [-0.4, -0.2) is 42.0 Å². The van der Waals surface area contributed by atoms with E-state index >= 15 is 0 Å². The Bertz CT molecular complexity index is 1300. The summed E-state index contributed by atoms with van der Waals surface area (Å²) in [6.45, 7) is 5.04. The summed E-state index contributed by atoms with van der Waals surface area (Å²) in [5, 5.41) is 11.4. The molecule has 38 heavy (non-hydrogen) atoms. The molecule has 1 aliphatic rings. The molecule has 8 nitrogen and oxygen atoms in total. The minimum atomic E-state index is -0.876. The number of ketones is 1. The Labute approximate surface area is 222 Å². The lowest BCUT2D eigenvalue weighted by atomic mass is 9.95. The first-order valence-corrected chi connectivity index (χ1v) is 12.8. The summed E-state index contributed by atoms with van der Waals surface area (Å²) < 4.78 is 22.5. The topological polar surface area (TPSA) is 98.4 Å². The Balaban J connectivity index is 1.79. The third-order valence-electron chi connectivity index (χ3n) is 6.37. The zero-order valence-corrected chi connectivity index (χ0v) is 21.9. The van der Waals surface area contributed by atoms with Crippen LogP contribution in [-0.2, 0) is 16.1 Å². The van der Waals surface area contributed by atoms with Crippen LogP contribution in [0.3, 0.4) is 0 Å². The van der Waals surface area contributed by atoms with E-state index in [4.69, 9.17) is 18.6 Å². The van der Waals surface area contributed by atoms with Gasteiger partial charge in [-0.1, -0.05) is 38.0 Å². The van der Waals surface area contributed by atoms with Crippen molar-refractivity contribution >= 4 is 17.4 Å². The molecule has 1 aliphatic heterocycles. The first kappa shape index (κ1) is 26.9. The Hall–Kier alpha value is -4.20. The first-order chi connectivity index (χ1) is 18.5. The molecule has 0 bridgehead atoms. The van der Waals surface area contributed by atoms with Gasteiger partial charge in [0.15, 0.2) is 11.5 Å². The minimum absolute atomic E-state index is 0.0196. The number of carbonyl (C=O) groups is 2. The molecule has 2 heterocycles. The molecule has 1 aromatic heterocycles. The molecule has 1 amide bonds. The van der Waals surface area contributed by atoms with Crippen molar-refractivity contribution in [2.75, 3.05) is 20.3 Å². The molecule has 3 aromatic rings. The van der Waals surface area contributed by atoms with E-state index in [2.05, 4.69) is 6.92 Å². The number of amides is 1. The molecule has 0 spiro atoms. The van der Waals surface area contributed by atoms with E-state index < -0.39 is 17.7 Å². The van der Waals surface area contributed by atoms with Gasteiger partial charge in [0.25, 0.3) is 11.7 Å². The number of nitrogens with zero attached hydrogens (tertiary/aromatic N) is 1. The molecule has 0 radical (unpaired) electrons. The van der Waals surface area contributed by atoms with Crippen LogP contribution in [0, 0.1) is 0 Å². The van der Waals surface area contributed by atoms with Crippen molar-refractivity contribution in [1.29, 1.82) is 0 Å². The van der Waals surface area contributed by atoms with Crippen molar-refractivity contribution in [1.82, 2.24) is 4.90 Å². The predicted molar refractivity (Wildman–Crippen MR) is 142 cm³/mol. The van der Waals surface area contributed by atoms with Crippen LogP contribution in [0.4, 0.5) is 0 Å². The van der Waals surface area contributed by atoms with Gasteiger partial charge in [0.05, 0.1) is 44.7 Å². The number of benzene rings is 2.